The van der Waals surface area contributed by atoms with Gasteiger partial charge in [0.05, 0.1) is 12.2 Å². The van der Waals surface area contributed by atoms with Crippen LogP contribution in [0.15, 0.2) is 72.8 Å². The van der Waals surface area contributed by atoms with E-state index in [0.29, 0.717) is 18.0 Å². The first kappa shape index (κ1) is 20.5. The third-order valence-electron chi connectivity index (χ3n) is 5.68. The van der Waals surface area contributed by atoms with E-state index in [-0.39, 0.29) is 18.3 Å². The SMILES string of the molecule is O=C(Nc1cccc(F)c1)N1CCSC12C(=O)N(Cc1ccc(F)cc1)c1ccccc12. The van der Waals surface area contributed by atoms with Crippen molar-refractivity contribution in [1.29, 1.82) is 0 Å². The highest BCUT2D eigenvalue weighted by atomic mass is 32.2. The van der Waals surface area contributed by atoms with Gasteiger partial charge in [-0.15, -0.1) is 11.8 Å². The fourth-order valence-electron chi connectivity index (χ4n) is 4.25. The van der Waals surface area contributed by atoms with Crippen LogP contribution in [-0.2, 0) is 16.2 Å². The number of nitrogens with one attached hydrogen (secondary N) is 1. The first-order valence-corrected chi connectivity index (χ1v) is 11.1. The van der Waals surface area contributed by atoms with Gasteiger partial charge in [-0.3, -0.25) is 9.69 Å². The van der Waals surface area contributed by atoms with E-state index in [1.165, 1.54) is 47.0 Å². The highest BCUT2D eigenvalue weighted by molar-refractivity contribution is 8.01. The molecule has 1 spiro atoms. The minimum atomic E-state index is -1.20. The molecule has 2 aliphatic heterocycles. The second-order valence-corrected chi connectivity index (χ2v) is 8.91. The van der Waals surface area contributed by atoms with Crippen molar-refractivity contribution in [2.75, 3.05) is 22.5 Å². The van der Waals surface area contributed by atoms with Gasteiger partial charge in [0.25, 0.3) is 5.91 Å². The summed E-state index contributed by atoms with van der Waals surface area (Å²) in [5, 5.41) is 2.72. The van der Waals surface area contributed by atoms with Crippen LogP contribution in [-0.4, -0.2) is 29.1 Å². The monoisotopic (exact) mass is 451 g/mol. The second-order valence-electron chi connectivity index (χ2n) is 7.62. The topological polar surface area (TPSA) is 52.7 Å². The summed E-state index contributed by atoms with van der Waals surface area (Å²) in [5.74, 6) is -0.438. The molecule has 5 rings (SSSR count). The number of carbonyl (C=O) groups excluding carboxylic acids is 2. The molecule has 5 nitrogen and oxygen atoms in total. The lowest BCUT2D eigenvalue weighted by atomic mass is 10.1. The van der Waals surface area contributed by atoms with Crippen molar-refractivity contribution >= 4 is 35.1 Å². The van der Waals surface area contributed by atoms with Crippen molar-refractivity contribution in [3.8, 4) is 0 Å². The number of nitrogens with zero attached hydrogens (tertiary/aromatic N) is 2. The average molecular weight is 451 g/mol. The maximum Gasteiger partial charge on any atom is 0.323 e. The van der Waals surface area contributed by atoms with Crippen molar-refractivity contribution in [3.63, 3.8) is 0 Å². The Hall–Kier alpha value is -3.39. The van der Waals surface area contributed by atoms with Gasteiger partial charge >= 0.3 is 6.03 Å². The summed E-state index contributed by atoms with van der Waals surface area (Å²) in [6.45, 7) is 0.633. The van der Waals surface area contributed by atoms with Crippen molar-refractivity contribution in [3.05, 3.63) is 95.6 Å². The zero-order chi connectivity index (χ0) is 22.3. The lowest BCUT2D eigenvalue weighted by Crippen LogP contribution is -2.51. The number of hydrogen-bond acceptors (Lipinski definition) is 3. The zero-order valence-corrected chi connectivity index (χ0v) is 17.7. The predicted octanol–water partition coefficient (Wildman–Crippen LogP) is 4.95. The summed E-state index contributed by atoms with van der Waals surface area (Å²) in [5.41, 5.74) is 2.57. The summed E-state index contributed by atoms with van der Waals surface area (Å²) >= 11 is 1.41. The van der Waals surface area contributed by atoms with E-state index in [9.17, 15) is 18.4 Å². The van der Waals surface area contributed by atoms with Gasteiger partial charge in [0.15, 0.2) is 4.87 Å². The fraction of sp³-hybridized carbons (Fsp3) is 0.167. The van der Waals surface area contributed by atoms with E-state index in [4.69, 9.17) is 0 Å². The van der Waals surface area contributed by atoms with Crippen LogP contribution in [0.25, 0.3) is 0 Å². The van der Waals surface area contributed by atoms with Gasteiger partial charge in [0, 0.05) is 23.5 Å². The van der Waals surface area contributed by atoms with Crippen LogP contribution >= 0.6 is 11.8 Å². The number of halogens is 2. The Labute approximate surface area is 188 Å². The molecule has 1 saturated heterocycles. The van der Waals surface area contributed by atoms with Crippen molar-refractivity contribution < 1.29 is 18.4 Å². The summed E-state index contributed by atoms with van der Waals surface area (Å²) in [7, 11) is 0. The number of benzene rings is 3. The molecule has 1 atom stereocenters. The first-order valence-electron chi connectivity index (χ1n) is 10.1. The number of para-hydroxylation sites is 1. The molecule has 3 aromatic rings. The summed E-state index contributed by atoms with van der Waals surface area (Å²) < 4.78 is 26.9. The van der Waals surface area contributed by atoms with Gasteiger partial charge in [-0.05, 0) is 42.0 Å². The standard InChI is InChI=1S/C24H19F2N3O2S/c25-17-10-8-16(9-11-17)15-28-21-7-2-1-6-20(21)24(22(28)30)29(12-13-32-24)23(31)27-19-5-3-4-18(26)14-19/h1-11,14H,12-13,15H2,(H,27,31). The molecule has 0 saturated carbocycles. The van der Waals surface area contributed by atoms with Crippen LogP contribution < -0.4 is 10.2 Å². The number of hydrogen-bond donors (Lipinski definition) is 1. The average Bonchev–Trinajstić information content (AvgIpc) is 3.33. The Morgan fingerprint density at radius 1 is 1.00 bits per heavy atom. The second kappa shape index (κ2) is 7.94. The molecular weight excluding hydrogens is 432 g/mol. The molecule has 32 heavy (non-hydrogen) atoms. The number of amides is 3. The first-order chi connectivity index (χ1) is 15.5. The van der Waals surface area contributed by atoms with Gasteiger partial charge in [-0.25, -0.2) is 13.6 Å². The largest absolute Gasteiger partial charge is 0.323 e. The van der Waals surface area contributed by atoms with Crippen LogP contribution in [0.2, 0.25) is 0 Å². The molecular formula is C24H19F2N3O2S. The highest BCUT2D eigenvalue weighted by Crippen LogP contribution is 2.54. The van der Waals surface area contributed by atoms with Crippen molar-refractivity contribution in [2.45, 2.75) is 11.4 Å². The van der Waals surface area contributed by atoms with E-state index in [2.05, 4.69) is 5.32 Å². The van der Waals surface area contributed by atoms with Crippen LogP contribution in [0.1, 0.15) is 11.1 Å². The van der Waals surface area contributed by atoms with Crippen molar-refractivity contribution in [2.24, 2.45) is 0 Å². The van der Waals surface area contributed by atoms with E-state index in [1.807, 2.05) is 24.3 Å². The van der Waals surface area contributed by atoms with Crippen LogP contribution in [0.5, 0.6) is 0 Å². The lowest BCUT2D eigenvalue weighted by Gasteiger charge is -2.33. The minimum absolute atomic E-state index is 0.222. The van der Waals surface area contributed by atoms with E-state index < -0.39 is 16.7 Å². The molecule has 1 N–H and O–H groups in total. The smallest absolute Gasteiger partial charge is 0.308 e. The Morgan fingerprint density at radius 3 is 2.56 bits per heavy atom. The molecule has 0 bridgehead atoms. The molecule has 8 heteroatoms. The number of thioether (sulfide) groups is 1. The van der Waals surface area contributed by atoms with E-state index >= 15 is 0 Å². The van der Waals surface area contributed by atoms with Gasteiger partial charge in [0.1, 0.15) is 11.6 Å². The Kier molecular flexibility index (Phi) is 5.09. The summed E-state index contributed by atoms with van der Waals surface area (Å²) in [6.07, 6.45) is 0. The maximum atomic E-state index is 13.8. The quantitative estimate of drug-likeness (QED) is 0.613. The van der Waals surface area contributed by atoms with Gasteiger partial charge in [-0.2, -0.15) is 0 Å². The molecule has 3 amide bonds. The molecule has 1 fully saturated rings. The molecule has 3 aromatic carbocycles. The summed E-state index contributed by atoms with van der Waals surface area (Å²) in [6, 6.07) is 18.6. The lowest BCUT2D eigenvalue weighted by molar-refractivity contribution is -0.123. The third-order valence-corrected chi connectivity index (χ3v) is 7.10. The zero-order valence-electron chi connectivity index (χ0n) is 16.9. The molecule has 0 radical (unpaired) electrons. The van der Waals surface area contributed by atoms with Gasteiger partial charge in [-0.1, -0.05) is 36.4 Å². The van der Waals surface area contributed by atoms with Gasteiger partial charge in [0.2, 0.25) is 0 Å². The van der Waals surface area contributed by atoms with Crippen LogP contribution in [0.3, 0.4) is 0 Å². The number of anilines is 2. The van der Waals surface area contributed by atoms with Crippen molar-refractivity contribution in [1.82, 2.24) is 4.90 Å². The van der Waals surface area contributed by atoms with Crippen LogP contribution in [0.4, 0.5) is 25.0 Å². The minimum Gasteiger partial charge on any atom is -0.308 e. The van der Waals surface area contributed by atoms with Gasteiger partial charge < -0.3 is 10.2 Å². The molecule has 2 heterocycles. The Morgan fingerprint density at radius 2 is 1.78 bits per heavy atom. The molecule has 1 unspecified atom stereocenters. The molecule has 0 aromatic heterocycles. The van der Waals surface area contributed by atoms with E-state index in [0.717, 1.165) is 16.8 Å². The highest BCUT2D eigenvalue weighted by Gasteiger charge is 2.59. The normalized spacial score (nSPS) is 19.5. The number of fused-ring (bicyclic) bond motifs is 2. The Bertz CT molecular complexity index is 1200. The predicted molar refractivity (Wildman–Crippen MR) is 120 cm³/mol. The Balaban J connectivity index is 1.50. The third kappa shape index (κ3) is 3.31. The fourth-order valence-corrected chi connectivity index (χ4v) is 5.72. The summed E-state index contributed by atoms with van der Waals surface area (Å²) in [4.78, 5) is 29.0. The van der Waals surface area contributed by atoms with E-state index in [1.54, 1.807) is 23.1 Å². The van der Waals surface area contributed by atoms with Crippen LogP contribution in [0, 0.1) is 11.6 Å². The number of carbonyl (C=O) groups is 2. The molecule has 0 aliphatic carbocycles. The molecule has 2 aliphatic rings. The number of rotatable bonds is 3. The number of urea groups is 1. The molecule has 162 valence electrons. The maximum absolute atomic E-state index is 13.8.